The van der Waals surface area contributed by atoms with Gasteiger partial charge in [-0.3, -0.25) is 0 Å². The first-order valence-electron chi connectivity index (χ1n) is 14.2. The van der Waals surface area contributed by atoms with Crippen molar-refractivity contribution in [1.29, 1.82) is 0 Å². The molecular formula is C32H48O. The van der Waals surface area contributed by atoms with E-state index in [9.17, 15) is 0 Å². The van der Waals surface area contributed by atoms with Crippen LogP contribution in [0.5, 0.6) is 5.75 Å². The van der Waals surface area contributed by atoms with Gasteiger partial charge in [-0.2, -0.15) is 0 Å². The molecule has 0 atom stereocenters. The van der Waals surface area contributed by atoms with Crippen LogP contribution in [-0.2, 0) is 0 Å². The molecule has 1 heteroatoms. The molecule has 0 N–H and O–H groups in total. The van der Waals surface area contributed by atoms with Gasteiger partial charge in [0.15, 0.2) is 0 Å². The van der Waals surface area contributed by atoms with Crippen molar-refractivity contribution >= 4 is 0 Å². The van der Waals surface area contributed by atoms with Crippen LogP contribution in [0.4, 0.5) is 0 Å². The highest BCUT2D eigenvalue weighted by molar-refractivity contribution is 5.40. The molecule has 0 heterocycles. The van der Waals surface area contributed by atoms with E-state index in [1.807, 2.05) is 12.1 Å². The molecule has 3 rings (SSSR count). The lowest BCUT2D eigenvalue weighted by Crippen LogP contribution is -2.17. The Morgan fingerprint density at radius 1 is 0.758 bits per heavy atom. The molecule has 2 aliphatic carbocycles. The van der Waals surface area contributed by atoms with Crippen molar-refractivity contribution in [2.75, 3.05) is 6.61 Å². The fraction of sp³-hybridized carbons (Fsp3) is 0.688. The number of benzene rings is 1. The van der Waals surface area contributed by atoms with Crippen LogP contribution in [0.3, 0.4) is 0 Å². The van der Waals surface area contributed by atoms with Gasteiger partial charge < -0.3 is 4.74 Å². The van der Waals surface area contributed by atoms with Gasteiger partial charge in [0.1, 0.15) is 5.75 Å². The largest absolute Gasteiger partial charge is 0.494 e. The van der Waals surface area contributed by atoms with Gasteiger partial charge in [0.2, 0.25) is 0 Å². The summed E-state index contributed by atoms with van der Waals surface area (Å²) in [7, 11) is 0. The molecule has 0 amide bonds. The van der Waals surface area contributed by atoms with Gasteiger partial charge in [-0.05, 0) is 86.1 Å². The van der Waals surface area contributed by atoms with Gasteiger partial charge in [-0.25, -0.2) is 0 Å². The summed E-state index contributed by atoms with van der Waals surface area (Å²) in [5.41, 5.74) is 1.06. The molecule has 0 radical (unpaired) electrons. The topological polar surface area (TPSA) is 9.23 Å². The van der Waals surface area contributed by atoms with Crippen LogP contribution in [0, 0.1) is 35.5 Å². The van der Waals surface area contributed by atoms with Crippen molar-refractivity contribution in [3.05, 3.63) is 42.0 Å². The maximum Gasteiger partial charge on any atom is 0.119 e. The van der Waals surface area contributed by atoms with E-state index in [4.69, 9.17) is 4.74 Å². The maximum absolute atomic E-state index is 5.72. The molecule has 2 saturated carbocycles. The van der Waals surface area contributed by atoms with Crippen LogP contribution in [0.25, 0.3) is 0 Å². The molecule has 2 aliphatic rings. The highest BCUT2D eigenvalue weighted by Crippen LogP contribution is 2.37. The Labute approximate surface area is 204 Å². The number of hydrogen-bond donors (Lipinski definition) is 0. The number of ether oxygens (including phenoxy) is 1. The van der Waals surface area contributed by atoms with Crippen molar-refractivity contribution in [3.8, 4) is 17.6 Å². The summed E-state index contributed by atoms with van der Waals surface area (Å²) in [4.78, 5) is 0. The van der Waals surface area contributed by atoms with Crippen molar-refractivity contribution in [2.24, 2.45) is 23.7 Å². The second-order valence-corrected chi connectivity index (χ2v) is 10.7. The minimum Gasteiger partial charge on any atom is -0.494 e. The predicted molar refractivity (Wildman–Crippen MR) is 143 cm³/mol. The fourth-order valence-corrected chi connectivity index (χ4v) is 5.72. The third kappa shape index (κ3) is 10.00. The van der Waals surface area contributed by atoms with E-state index in [2.05, 4.69) is 50.0 Å². The molecule has 0 unspecified atom stereocenters. The summed E-state index contributed by atoms with van der Waals surface area (Å²) in [5.74, 6) is 11.3. The van der Waals surface area contributed by atoms with Crippen LogP contribution < -0.4 is 4.74 Å². The minimum atomic E-state index is 0.735. The Morgan fingerprint density at radius 2 is 1.33 bits per heavy atom. The van der Waals surface area contributed by atoms with Crippen molar-refractivity contribution in [1.82, 2.24) is 0 Å². The quantitative estimate of drug-likeness (QED) is 0.242. The predicted octanol–water partition coefficient (Wildman–Crippen LogP) is 9.36. The Kier molecular flexibility index (Phi) is 12.0. The van der Waals surface area contributed by atoms with Crippen LogP contribution in [0.2, 0.25) is 0 Å². The molecule has 0 aliphatic heterocycles. The third-order valence-electron chi connectivity index (χ3n) is 8.10. The normalized spacial score (nSPS) is 25.5. The first-order valence-corrected chi connectivity index (χ1v) is 14.2. The summed E-state index contributed by atoms with van der Waals surface area (Å²) in [6, 6.07) is 8.18. The third-order valence-corrected chi connectivity index (χ3v) is 8.10. The molecule has 182 valence electrons. The Bertz CT molecular complexity index is 718. The molecule has 2 fully saturated rings. The van der Waals surface area contributed by atoms with Gasteiger partial charge >= 0.3 is 0 Å². The first-order chi connectivity index (χ1) is 16.3. The van der Waals surface area contributed by atoms with E-state index in [-0.39, 0.29) is 0 Å². The lowest BCUT2D eigenvalue weighted by molar-refractivity contribution is 0.220. The number of hydrogen-bond acceptors (Lipinski definition) is 1. The van der Waals surface area contributed by atoms with Crippen molar-refractivity contribution < 1.29 is 4.74 Å². The lowest BCUT2D eigenvalue weighted by atomic mass is 9.75. The zero-order valence-electron chi connectivity index (χ0n) is 21.5. The van der Waals surface area contributed by atoms with Crippen molar-refractivity contribution in [2.45, 2.75) is 110 Å². The monoisotopic (exact) mass is 448 g/mol. The molecule has 33 heavy (non-hydrogen) atoms. The van der Waals surface area contributed by atoms with Crippen LogP contribution in [0.15, 0.2) is 36.4 Å². The highest BCUT2D eigenvalue weighted by Gasteiger charge is 2.23. The summed E-state index contributed by atoms with van der Waals surface area (Å²) in [6.07, 6.45) is 25.6. The van der Waals surface area contributed by atoms with E-state index in [0.717, 1.165) is 54.4 Å². The lowest BCUT2D eigenvalue weighted by Gasteiger charge is -2.31. The summed E-state index contributed by atoms with van der Waals surface area (Å²) in [6.45, 7) is 5.31. The average Bonchev–Trinajstić information content (AvgIpc) is 2.86. The van der Waals surface area contributed by atoms with E-state index >= 15 is 0 Å². The number of rotatable bonds is 11. The van der Waals surface area contributed by atoms with Gasteiger partial charge in [-0.1, -0.05) is 96.0 Å². The smallest absolute Gasteiger partial charge is 0.119 e. The molecule has 0 saturated heterocycles. The Balaban J connectivity index is 1.28. The van der Waals surface area contributed by atoms with Crippen molar-refractivity contribution in [3.63, 3.8) is 0 Å². The second-order valence-electron chi connectivity index (χ2n) is 10.7. The molecule has 0 spiro atoms. The standard InChI is InChI=1S/C32H48O/c1-3-5-9-27-12-16-30(17-13-27)20-21-31-18-14-28(15-19-31)10-7-8-11-29-22-24-32(25-23-29)33-26-6-4-2/h7,10,22-25,27-28,30-31H,3-6,9,12-21,26H2,1-2H3/b10-7+. The first kappa shape index (κ1) is 25.9. The number of unbranched alkanes of at least 4 members (excludes halogenated alkanes) is 2. The molecule has 0 aromatic heterocycles. The van der Waals surface area contributed by atoms with Crippen LogP contribution in [0.1, 0.15) is 116 Å². The second kappa shape index (κ2) is 15.3. The average molecular weight is 449 g/mol. The van der Waals surface area contributed by atoms with E-state index < -0.39 is 0 Å². The molecule has 1 aromatic rings. The molecule has 0 bridgehead atoms. The maximum atomic E-state index is 5.72. The zero-order valence-corrected chi connectivity index (χ0v) is 21.5. The van der Waals surface area contributed by atoms with Gasteiger partial charge in [0, 0.05) is 5.56 Å². The molecule has 1 aromatic carbocycles. The SMILES string of the molecule is CCCCOc1ccc(C#C/C=C/C2CCC(CCC3CCC(CCCC)CC3)CC2)cc1. The molecule has 1 nitrogen and oxygen atoms in total. The highest BCUT2D eigenvalue weighted by atomic mass is 16.5. The van der Waals surface area contributed by atoms with Gasteiger partial charge in [0.05, 0.1) is 6.61 Å². The van der Waals surface area contributed by atoms with E-state index in [0.29, 0.717) is 0 Å². The fourth-order valence-electron chi connectivity index (χ4n) is 5.72. The minimum absolute atomic E-state index is 0.735. The van der Waals surface area contributed by atoms with E-state index in [1.165, 1.54) is 83.5 Å². The summed E-state index contributed by atoms with van der Waals surface area (Å²) in [5, 5.41) is 0. The van der Waals surface area contributed by atoms with Crippen LogP contribution in [-0.4, -0.2) is 6.61 Å². The molecular weight excluding hydrogens is 400 g/mol. The Morgan fingerprint density at radius 3 is 1.94 bits per heavy atom. The Hall–Kier alpha value is -1.68. The summed E-state index contributed by atoms with van der Waals surface area (Å²) < 4.78 is 5.72. The van der Waals surface area contributed by atoms with Gasteiger partial charge in [-0.15, -0.1) is 0 Å². The summed E-state index contributed by atoms with van der Waals surface area (Å²) >= 11 is 0. The number of allylic oxidation sites excluding steroid dienone is 2. The van der Waals surface area contributed by atoms with E-state index in [1.54, 1.807) is 0 Å². The van der Waals surface area contributed by atoms with Crippen LogP contribution >= 0.6 is 0 Å². The zero-order chi connectivity index (χ0) is 23.1. The van der Waals surface area contributed by atoms with Gasteiger partial charge in [0.25, 0.3) is 0 Å².